The summed E-state index contributed by atoms with van der Waals surface area (Å²) < 4.78 is 43.0. The van der Waals surface area contributed by atoms with Crippen molar-refractivity contribution >= 4 is 50.5 Å². The van der Waals surface area contributed by atoms with Crippen LogP contribution in [0.25, 0.3) is 11.1 Å². The molecule has 8 nitrogen and oxygen atoms in total. The second-order valence-corrected chi connectivity index (χ2v) is 9.31. The number of nitrogens with one attached hydrogen (secondary N) is 1. The van der Waals surface area contributed by atoms with Crippen LogP contribution < -0.4 is 5.32 Å². The van der Waals surface area contributed by atoms with Gasteiger partial charge in [-0.3, -0.25) is 4.79 Å². The predicted octanol–water partition coefficient (Wildman–Crippen LogP) is 3.50. The first kappa shape index (κ1) is 21.1. The molecule has 1 aromatic carbocycles. The highest BCUT2D eigenvalue weighted by Gasteiger charge is 2.30. The minimum absolute atomic E-state index is 0.119. The molecule has 158 valence electrons. The number of rotatable bonds is 4. The fraction of sp³-hybridized carbons (Fsp3) is 0.0526. The van der Waals surface area contributed by atoms with E-state index in [1.54, 1.807) is 18.5 Å². The Balaban J connectivity index is 1.67. The van der Waals surface area contributed by atoms with E-state index in [-0.39, 0.29) is 22.1 Å². The standard InChI is InChI=1S/C19H13ClFN5O3S2/c1-26-17(19(27)24-13-2-3-15(21)14(20)5-13)6-16(25-31(26,28)29)18-4-11(9-30-18)12-7-22-10-23-8-12/h2-10H,1H3,(H,24,27). The molecule has 0 atom stereocenters. The van der Waals surface area contributed by atoms with Crippen LogP contribution in [0, 0.1) is 5.82 Å². The number of allylic oxidation sites excluding steroid dienone is 1. The molecular formula is C19H13ClFN5O3S2. The van der Waals surface area contributed by atoms with Crippen LogP contribution in [-0.2, 0) is 15.0 Å². The lowest BCUT2D eigenvalue weighted by molar-refractivity contribution is -0.113. The monoisotopic (exact) mass is 477 g/mol. The van der Waals surface area contributed by atoms with E-state index in [4.69, 9.17) is 11.6 Å². The molecule has 1 aliphatic rings. The van der Waals surface area contributed by atoms with Gasteiger partial charge in [0.05, 0.1) is 15.6 Å². The van der Waals surface area contributed by atoms with Gasteiger partial charge in [-0.15, -0.1) is 15.7 Å². The zero-order valence-corrected chi connectivity index (χ0v) is 18.2. The molecule has 3 aromatic rings. The van der Waals surface area contributed by atoms with Crippen LogP contribution in [0.4, 0.5) is 10.1 Å². The minimum Gasteiger partial charge on any atom is -0.321 e. The Morgan fingerprint density at radius 2 is 1.94 bits per heavy atom. The maximum atomic E-state index is 13.4. The van der Waals surface area contributed by atoms with Gasteiger partial charge >= 0.3 is 10.2 Å². The van der Waals surface area contributed by atoms with Gasteiger partial charge < -0.3 is 5.32 Å². The van der Waals surface area contributed by atoms with E-state index in [0.717, 1.165) is 21.5 Å². The van der Waals surface area contributed by atoms with Crippen LogP contribution in [0.2, 0.25) is 5.02 Å². The summed E-state index contributed by atoms with van der Waals surface area (Å²) in [7, 11) is -2.91. The zero-order valence-electron chi connectivity index (χ0n) is 15.8. The van der Waals surface area contributed by atoms with Gasteiger partial charge in [0.15, 0.2) is 0 Å². The molecule has 0 spiro atoms. The summed E-state index contributed by atoms with van der Waals surface area (Å²) in [5.74, 6) is -1.35. The average molecular weight is 478 g/mol. The number of carbonyl (C=O) groups excluding carboxylic acids is 1. The SMILES string of the molecule is CN1C(C(=O)Nc2ccc(F)c(Cl)c2)=CC(c2cc(-c3cncnc3)cs2)=NS1(=O)=O. The smallest absolute Gasteiger partial charge is 0.321 e. The molecule has 0 unspecified atom stereocenters. The fourth-order valence-electron chi connectivity index (χ4n) is 2.72. The van der Waals surface area contributed by atoms with E-state index in [9.17, 15) is 17.6 Å². The summed E-state index contributed by atoms with van der Waals surface area (Å²) >= 11 is 7.01. The molecular weight excluding hydrogens is 465 g/mol. The Morgan fingerprint density at radius 3 is 2.65 bits per heavy atom. The van der Waals surface area contributed by atoms with Gasteiger partial charge in [-0.2, -0.15) is 8.42 Å². The summed E-state index contributed by atoms with van der Waals surface area (Å²) in [6.45, 7) is 0. The number of carbonyl (C=O) groups is 1. The summed E-state index contributed by atoms with van der Waals surface area (Å²) in [4.78, 5) is 21.3. The maximum Gasteiger partial charge on any atom is 0.345 e. The number of nitrogens with zero attached hydrogens (tertiary/aromatic N) is 4. The van der Waals surface area contributed by atoms with Crippen LogP contribution in [0.3, 0.4) is 0 Å². The van der Waals surface area contributed by atoms with E-state index in [0.29, 0.717) is 4.88 Å². The molecule has 0 bridgehead atoms. The molecule has 1 aliphatic heterocycles. The number of amides is 1. The molecule has 0 saturated heterocycles. The number of hydrogen-bond donors (Lipinski definition) is 1. The van der Waals surface area contributed by atoms with E-state index in [2.05, 4.69) is 19.7 Å². The van der Waals surface area contributed by atoms with E-state index in [1.807, 2.05) is 5.38 Å². The van der Waals surface area contributed by atoms with Gasteiger partial charge in [-0.25, -0.2) is 18.7 Å². The van der Waals surface area contributed by atoms with Crippen LogP contribution in [0.1, 0.15) is 4.88 Å². The lowest BCUT2D eigenvalue weighted by Gasteiger charge is -2.23. The number of thiophene rings is 1. The Kier molecular flexibility index (Phi) is 5.56. The third-order valence-corrected chi connectivity index (χ3v) is 6.89. The molecule has 4 rings (SSSR count). The Bertz CT molecular complexity index is 1340. The van der Waals surface area contributed by atoms with Gasteiger partial charge in [0.1, 0.15) is 17.8 Å². The van der Waals surface area contributed by atoms with Crippen molar-refractivity contribution in [2.75, 3.05) is 12.4 Å². The van der Waals surface area contributed by atoms with Crippen molar-refractivity contribution in [2.24, 2.45) is 4.40 Å². The molecule has 0 aliphatic carbocycles. The second-order valence-electron chi connectivity index (χ2n) is 6.36. The lowest BCUT2D eigenvalue weighted by Crippen LogP contribution is -2.35. The number of benzene rings is 1. The van der Waals surface area contributed by atoms with Gasteiger partial charge in [-0.1, -0.05) is 11.6 Å². The van der Waals surface area contributed by atoms with Gasteiger partial charge in [0.2, 0.25) is 0 Å². The highest BCUT2D eigenvalue weighted by atomic mass is 35.5. The molecule has 2 aromatic heterocycles. The topological polar surface area (TPSA) is 105 Å². The maximum absolute atomic E-state index is 13.4. The number of hydrogen-bond acceptors (Lipinski definition) is 6. The van der Waals surface area contributed by atoms with Gasteiger partial charge in [-0.05, 0) is 41.3 Å². The molecule has 12 heteroatoms. The van der Waals surface area contributed by atoms with E-state index >= 15 is 0 Å². The van der Waals surface area contributed by atoms with Crippen molar-refractivity contribution in [3.05, 3.63) is 75.9 Å². The molecule has 31 heavy (non-hydrogen) atoms. The van der Waals surface area contributed by atoms with Crippen LogP contribution in [0.5, 0.6) is 0 Å². The Hall–Kier alpha value is -3.15. The van der Waals surface area contributed by atoms with Crippen molar-refractivity contribution in [1.82, 2.24) is 14.3 Å². The third kappa shape index (κ3) is 4.33. The first-order valence-corrected chi connectivity index (χ1v) is 11.3. The van der Waals surface area contributed by atoms with E-state index < -0.39 is 21.9 Å². The van der Waals surface area contributed by atoms with Crippen LogP contribution in [0.15, 0.2) is 64.5 Å². The number of aromatic nitrogens is 2. The van der Waals surface area contributed by atoms with Crippen molar-refractivity contribution in [2.45, 2.75) is 0 Å². The fourth-order valence-corrected chi connectivity index (χ4v) is 4.74. The summed E-state index contributed by atoms with van der Waals surface area (Å²) in [6, 6.07) is 5.39. The number of anilines is 1. The first-order valence-electron chi connectivity index (χ1n) is 8.66. The lowest BCUT2D eigenvalue weighted by atomic mass is 10.1. The highest BCUT2D eigenvalue weighted by Crippen LogP contribution is 2.28. The van der Waals surface area contributed by atoms with Gasteiger partial charge in [0, 0.05) is 30.7 Å². The summed E-state index contributed by atoms with van der Waals surface area (Å²) in [6.07, 6.45) is 6.05. The summed E-state index contributed by atoms with van der Waals surface area (Å²) in [5.41, 5.74) is 1.74. The summed E-state index contributed by atoms with van der Waals surface area (Å²) in [5, 5.41) is 4.16. The quantitative estimate of drug-likeness (QED) is 0.619. The van der Waals surface area contributed by atoms with Crippen molar-refractivity contribution in [3.8, 4) is 11.1 Å². The Labute approximate surface area is 185 Å². The number of halogens is 2. The minimum atomic E-state index is -4.13. The third-order valence-electron chi connectivity index (χ3n) is 4.33. The molecule has 1 N–H and O–H groups in total. The number of likely N-dealkylation sites (N-methyl/N-ethyl adjacent to an activating group) is 1. The van der Waals surface area contributed by atoms with Crippen LogP contribution >= 0.6 is 22.9 Å². The molecule has 0 radical (unpaired) electrons. The first-order chi connectivity index (χ1) is 14.7. The zero-order chi connectivity index (χ0) is 22.2. The normalized spacial score (nSPS) is 15.3. The van der Waals surface area contributed by atoms with Gasteiger partial charge in [0.25, 0.3) is 5.91 Å². The van der Waals surface area contributed by atoms with Crippen molar-refractivity contribution in [1.29, 1.82) is 0 Å². The largest absolute Gasteiger partial charge is 0.345 e. The second kappa shape index (κ2) is 8.17. The molecule has 3 heterocycles. The van der Waals surface area contributed by atoms with E-state index in [1.165, 1.54) is 42.9 Å². The molecule has 0 fully saturated rings. The molecule has 1 amide bonds. The van der Waals surface area contributed by atoms with Crippen LogP contribution in [-0.4, -0.2) is 41.4 Å². The van der Waals surface area contributed by atoms with Crippen molar-refractivity contribution < 1.29 is 17.6 Å². The average Bonchev–Trinajstić information content (AvgIpc) is 3.23. The predicted molar refractivity (Wildman–Crippen MR) is 117 cm³/mol. The van der Waals surface area contributed by atoms with Crippen molar-refractivity contribution in [3.63, 3.8) is 0 Å². The Morgan fingerprint density at radius 1 is 1.19 bits per heavy atom. The molecule has 0 saturated carbocycles. The highest BCUT2D eigenvalue weighted by molar-refractivity contribution is 7.88.